The molecular weight excluding hydrogens is 368 g/mol. The van der Waals surface area contributed by atoms with Crippen LogP contribution in [-0.4, -0.2) is 57.1 Å². The van der Waals surface area contributed by atoms with Gasteiger partial charge in [0.1, 0.15) is 5.76 Å². The first kappa shape index (κ1) is 19.0. The topological polar surface area (TPSA) is 88.3 Å². The molecule has 3 aromatic heterocycles. The van der Waals surface area contributed by atoms with E-state index < -0.39 is 0 Å². The van der Waals surface area contributed by atoms with Crippen LogP contribution in [0.25, 0.3) is 22.4 Å². The van der Waals surface area contributed by atoms with Crippen LogP contribution in [0.4, 0.5) is 5.95 Å². The molecule has 1 fully saturated rings. The molecule has 0 saturated carbocycles. The maximum atomic E-state index is 11.6. The maximum absolute atomic E-state index is 11.6. The Hall–Kier alpha value is -3.29. The van der Waals surface area contributed by atoms with Crippen LogP contribution in [-0.2, 0) is 11.2 Å². The van der Waals surface area contributed by atoms with E-state index in [9.17, 15) is 4.79 Å². The molecule has 0 aromatic carbocycles. The Balaban J connectivity index is 1.77. The molecule has 1 aliphatic rings. The Morgan fingerprint density at radius 1 is 1.17 bits per heavy atom. The molecule has 0 radical (unpaired) electrons. The first-order valence-corrected chi connectivity index (χ1v) is 9.82. The molecule has 29 heavy (non-hydrogen) atoms. The lowest BCUT2D eigenvalue weighted by Gasteiger charge is -2.34. The fourth-order valence-corrected chi connectivity index (χ4v) is 3.64. The van der Waals surface area contributed by atoms with Crippen LogP contribution in [0.1, 0.15) is 25.3 Å². The molecule has 0 aliphatic carbocycles. The van der Waals surface area contributed by atoms with Crippen LogP contribution < -0.4 is 4.90 Å². The molecule has 1 amide bonds. The number of amides is 1. The van der Waals surface area contributed by atoms with E-state index in [1.807, 2.05) is 37.1 Å². The fraction of sp³-hybridized carbons (Fsp3) is 0.381. The normalized spacial score (nSPS) is 14.3. The zero-order chi connectivity index (χ0) is 20.4. The van der Waals surface area contributed by atoms with Crippen molar-refractivity contribution in [2.45, 2.75) is 27.2 Å². The predicted octanol–water partition coefficient (Wildman–Crippen LogP) is 2.73. The Morgan fingerprint density at radius 2 is 1.90 bits per heavy atom. The summed E-state index contributed by atoms with van der Waals surface area (Å²) in [6.07, 6.45) is 6.10. The summed E-state index contributed by atoms with van der Waals surface area (Å²) in [6.45, 7) is 8.34. The number of anilines is 1. The fourth-order valence-electron chi connectivity index (χ4n) is 3.64. The minimum atomic E-state index is 0.104. The summed E-state index contributed by atoms with van der Waals surface area (Å²) < 4.78 is 5.54. The number of nitrogens with zero attached hydrogens (tertiary/aromatic N) is 6. The summed E-state index contributed by atoms with van der Waals surface area (Å²) in [5.74, 6) is 1.57. The Labute approximate surface area is 169 Å². The minimum Gasteiger partial charge on any atom is -0.360 e. The van der Waals surface area contributed by atoms with Crippen LogP contribution in [0.5, 0.6) is 0 Å². The average molecular weight is 392 g/mol. The number of hydrogen-bond acceptors (Lipinski definition) is 7. The molecule has 0 atom stereocenters. The standard InChI is InChI=1S/C21H24N6O2/c1-4-18-19(14(2)25-29-18)20-17(16-5-7-22-8-6-16)13-23-21(24-20)27-11-9-26(10-12-27)15(3)28/h5-8,13H,4,9-12H2,1-3H3. The number of piperazine rings is 1. The number of pyridine rings is 1. The van der Waals surface area contributed by atoms with Crippen molar-refractivity contribution in [1.82, 2.24) is 25.0 Å². The van der Waals surface area contributed by atoms with Gasteiger partial charge in [0, 0.05) is 63.7 Å². The van der Waals surface area contributed by atoms with E-state index in [-0.39, 0.29) is 5.91 Å². The van der Waals surface area contributed by atoms with Gasteiger partial charge in [0.25, 0.3) is 0 Å². The smallest absolute Gasteiger partial charge is 0.226 e. The first-order valence-electron chi connectivity index (χ1n) is 9.82. The molecule has 1 aliphatic heterocycles. The molecule has 8 nitrogen and oxygen atoms in total. The number of aromatic nitrogens is 4. The molecule has 8 heteroatoms. The number of carbonyl (C=O) groups excluding carboxylic acids is 1. The van der Waals surface area contributed by atoms with Gasteiger partial charge < -0.3 is 14.3 Å². The van der Waals surface area contributed by atoms with Crippen LogP contribution in [0.3, 0.4) is 0 Å². The highest BCUT2D eigenvalue weighted by molar-refractivity contribution is 5.82. The second-order valence-corrected chi connectivity index (χ2v) is 7.08. The third-order valence-corrected chi connectivity index (χ3v) is 5.27. The van der Waals surface area contributed by atoms with Gasteiger partial charge in [-0.25, -0.2) is 9.97 Å². The molecule has 0 N–H and O–H groups in total. The van der Waals surface area contributed by atoms with Gasteiger partial charge >= 0.3 is 0 Å². The first-order chi connectivity index (χ1) is 14.1. The van der Waals surface area contributed by atoms with Crippen molar-refractivity contribution in [3.8, 4) is 22.4 Å². The Morgan fingerprint density at radius 3 is 2.55 bits per heavy atom. The third kappa shape index (κ3) is 3.70. The van der Waals surface area contributed by atoms with E-state index in [2.05, 4.69) is 20.0 Å². The second-order valence-electron chi connectivity index (χ2n) is 7.08. The van der Waals surface area contributed by atoms with Crippen molar-refractivity contribution in [2.24, 2.45) is 0 Å². The summed E-state index contributed by atoms with van der Waals surface area (Å²) in [5, 5.41) is 4.16. The summed E-state index contributed by atoms with van der Waals surface area (Å²) in [7, 11) is 0. The van der Waals surface area contributed by atoms with Crippen molar-refractivity contribution in [2.75, 3.05) is 31.1 Å². The number of hydrogen-bond donors (Lipinski definition) is 0. The lowest BCUT2D eigenvalue weighted by Crippen LogP contribution is -2.48. The SMILES string of the molecule is CCc1onc(C)c1-c1nc(N2CCN(C(C)=O)CC2)ncc1-c1ccncc1. The van der Waals surface area contributed by atoms with Gasteiger partial charge in [0.05, 0.1) is 17.0 Å². The van der Waals surface area contributed by atoms with Crippen LogP contribution in [0, 0.1) is 6.92 Å². The van der Waals surface area contributed by atoms with E-state index in [1.54, 1.807) is 19.3 Å². The van der Waals surface area contributed by atoms with Crippen LogP contribution in [0.15, 0.2) is 35.2 Å². The lowest BCUT2D eigenvalue weighted by atomic mass is 10.00. The average Bonchev–Trinajstić information content (AvgIpc) is 3.14. The van der Waals surface area contributed by atoms with Crippen LogP contribution >= 0.6 is 0 Å². The summed E-state index contributed by atoms with van der Waals surface area (Å²) in [4.78, 5) is 29.3. The zero-order valence-electron chi connectivity index (χ0n) is 16.9. The highest BCUT2D eigenvalue weighted by atomic mass is 16.5. The number of rotatable bonds is 4. The van der Waals surface area contributed by atoms with Crippen molar-refractivity contribution < 1.29 is 9.32 Å². The van der Waals surface area contributed by atoms with Gasteiger partial charge in [-0.2, -0.15) is 0 Å². The van der Waals surface area contributed by atoms with E-state index in [0.717, 1.165) is 40.3 Å². The number of carbonyl (C=O) groups is 1. The van der Waals surface area contributed by atoms with E-state index in [1.165, 1.54) is 0 Å². The van der Waals surface area contributed by atoms with Crippen molar-refractivity contribution >= 4 is 11.9 Å². The van der Waals surface area contributed by atoms with Crippen molar-refractivity contribution in [3.63, 3.8) is 0 Å². The molecule has 1 saturated heterocycles. The Kier molecular flexibility index (Phi) is 5.24. The second kappa shape index (κ2) is 7.98. The van der Waals surface area contributed by atoms with E-state index in [0.29, 0.717) is 32.1 Å². The molecule has 4 rings (SSSR count). The molecule has 0 spiro atoms. The largest absolute Gasteiger partial charge is 0.360 e. The van der Waals surface area contributed by atoms with Gasteiger partial charge in [-0.1, -0.05) is 12.1 Å². The van der Waals surface area contributed by atoms with E-state index >= 15 is 0 Å². The quantitative estimate of drug-likeness (QED) is 0.674. The molecule has 4 heterocycles. The number of aryl methyl sites for hydroxylation is 2. The molecule has 0 bridgehead atoms. The van der Waals surface area contributed by atoms with Crippen molar-refractivity contribution in [3.05, 3.63) is 42.2 Å². The zero-order valence-corrected chi connectivity index (χ0v) is 16.9. The lowest BCUT2D eigenvalue weighted by molar-refractivity contribution is -0.129. The highest BCUT2D eigenvalue weighted by Crippen LogP contribution is 2.35. The monoisotopic (exact) mass is 392 g/mol. The maximum Gasteiger partial charge on any atom is 0.226 e. The van der Waals surface area contributed by atoms with Crippen LogP contribution in [0.2, 0.25) is 0 Å². The predicted molar refractivity (Wildman–Crippen MR) is 109 cm³/mol. The summed E-state index contributed by atoms with van der Waals surface area (Å²) in [5.41, 5.74) is 4.45. The molecule has 3 aromatic rings. The van der Waals surface area contributed by atoms with Gasteiger partial charge in [0.2, 0.25) is 11.9 Å². The van der Waals surface area contributed by atoms with Gasteiger partial charge in [0.15, 0.2) is 0 Å². The minimum absolute atomic E-state index is 0.104. The highest BCUT2D eigenvalue weighted by Gasteiger charge is 2.24. The van der Waals surface area contributed by atoms with Crippen molar-refractivity contribution in [1.29, 1.82) is 0 Å². The molecule has 0 unspecified atom stereocenters. The van der Waals surface area contributed by atoms with Gasteiger partial charge in [-0.15, -0.1) is 0 Å². The van der Waals surface area contributed by atoms with Gasteiger partial charge in [-0.3, -0.25) is 9.78 Å². The molecular formula is C21H24N6O2. The molecule has 150 valence electrons. The Bertz CT molecular complexity index is 1010. The van der Waals surface area contributed by atoms with Gasteiger partial charge in [-0.05, 0) is 24.6 Å². The summed E-state index contributed by atoms with van der Waals surface area (Å²) >= 11 is 0. The third-order valence-electron chi connectivity index (χ3n) is 5.27. The van der Waals surface area contributed by atoms with E-state index in [4.69, 9.17) is 9.51 Å². The summed E-state index contributed by atoms with van der Waals surface area (Å²) in [6, 6.07) is 3.89.